The van der Waals surface area contributed by atoms with E-state index in [2.05, 4.69) is 5.10 Å². The molecule has 0 radical (unpaired) electrons. The van der Waals surface area contributed by atoms with Crippen LogP contribution >= 0.6 is 11.6 Å². The third-order valence-corrected chi connectivity index (χ3v) is 3.07. The van der Waals surface area contributed by atoms with Gasteiger partial charge in [-0.25, -0.2) is 10.5 Å². The average molecular weight is 326 g/mol. The predicted octanol–water partition coefficient (Wildman–Crippen LogP) is 1.39. The Balaban J connectivity index is 2.09. The Labute approximate surface area is 129 Å². The molecule has 116 valence electrons. The molecule has 0 bridgehead atoms. The van der Waals surface area contributed by atoms with Gasteiger partial charge in [0.2, 0.25) is 0 Å². The van der Waals surface area contributed by atoms with Crippen LogP contribution in [0.2, 0.25) is 5.02 Å². The molecule has 0 unspecified atom stereocenters. The maximum Gasteiger partial charge on any atom is 0.287 e. The number of nitrogens with one attached hydrogen (secondary N) is 1. The van der Waals surface area contributed by atoms with Crippen LogP contribution in [0.4, 0.5) is 5.69 Å². The Morgan fingerprint density at radius 2 is 2.32 bits per heavy atom. The highest BCUT2D eigenvalue weighted by molar-refractivity contribution is 6.33. The molecule has 22 heavy (non-hydrogen) atoms. The number of nitro groups is 1. The fraction of sp³-hybridized carbons (Fsp3) is 0.167. The molecule has 2 rings (SSSR count). The summed E-state index contributed by atoms with van der Waals surface area (Å²) in [5.74, 6) is 4.82. The van der Waals surface area contributed by atoms with Crippen molar-refractivity contribution < 1.29 is 14.5 Å². The van der Waals surface area contributed by atoms with Crippen molar-refractivity contribution >= 4 is 23.2 Å². The molecular formula is C12H12ClN5O4. The number of hydrogen-bond donors (Lipinski definition) is 2. The SMILES string of the molecule is Cc1cc(OCn2cc(Cl)c(C(=O)NN)n2)ccc1[N+](=O)[O-]. The van der Waals surface area contributed by atoms with Crippen molar-refractivity contribution in [2.75, 3.05) is 0 Å². The zero-order valence-corrected chi connectivity index (χ0v) is 12.2. The number of nitrogens with two attached hydrogens (primary N) is 1. The Morgan fingerprint density at radius 3 is 2.91 bits per heavy atom. The van der Waals surface area contributed by atoms with Gasteiger partial charge >= 0.3 is 0 Å². The Kier molecular flexibility index (Phi) is 4.59. The summed E-state index contributed by atoms with van der Waals surface area (Å²) in [5.41, 5.74) is 2.40. The standard InChI is InChI=1S/C12H12ClN5O4/c1-7-4-8(2-3-10(7)18(20)21)22-6-17-5-9(13)11(16-17)12(19)15-14/h2-5H,6,14H2,1H3,(H,15,19). The quantitative estimate of drug-likeness (QED) is 0.370. The molecule has 1 aromatic heterocycles. The number of aromatic nitrogens is 2. The first-order chi connectivity index (χ1) is 10.4. The third kappa shape index (κ3) is 3.32. The van der Waals surface area contributed by atoms with Crippen LogP contribution in [0.5, 0.6) is 5.75 Å². The van der Waals surface area contributed by atoms with E-state index in [1.54, 1.807) is 6.92 Å². The number of rotatable bonds is 5. The van der Waals surface area contributed by atoms with Crippen LogP contribution in [0.25, 0.3) is 0 Å². The van der Waals surface area contributed by atoms with Crippen LogP contribution in [0.3, 0.4) is 0 Å². The summed E-state index contributed by atoms with van der Waals surface area (Å²) in [6.07, 6.45) is 1.41. The summed E-state index contributed by atoms with van der Waals surface area (Å²) in [6.45, 7) is 1.59. The number of nitrogen functional groups attached to an aromatic ring is 1. The first-order valence-electron chi connectivity index (χ1n) is 6.04. The van der Waals surface area contributed by atoms with Gasteiger partial charge in [0.05, 0.1) is 9.95 Å². The molecule has 10 heteroatoms. The average Bonchev–Trinajstić information content (AvgIpc) is 2.85. The van der Waals surface area contributed by atoms with Crippen LogP contribution in [-0.2, 0) is 6.73 Å². The van der Waals surface area contributed by atoms with Crippen LogP contribution in [-0.4, -0.2) is 20.6 Å². The Morgan fingerprint density at radius 1 is 1.59 bits per heavy atom. The van der Waals surface area contributed by atoms with Gasteiger partial charge < -0.3 is 4.74 Å². The first-order valence-corrected chi connectivity index (χ1v) is 6.42. The van der Waals surface area contributed by atoms with E-state index in [1.807, 2.05) is 5.43 Å². The minimum Gasteiger partial charge on any atom is -0.471 e. The second kappa shape index (κ2) is 6.41. The lowest BCUT2D eigenvalue weighted by Gasteiger charge is -2.07. The number of nitro benzene ring substituents is 1. The minimum absolute atomic E-state index is 0.0105. The summed E-state index contributed by atoms with van der Waals surface area (Å²) in [7, 11) is 0. The monoisotopic (exact) mass is 325 g/mol. The van der Waals surface area contributed by atoms with Crippen LogP contribution < -0.4 is 16.0 Å². The molecule has 1 heterocycles. The molecule has 0 saturated heterocycles. The lowest BCUT2D eigenvalue weighted by molar-refractivity contribution is -0.385. The van der Waals surface area contributed by atoms with Gasteiger partial charge in [0, 0.05) is 17.8 Å². The predicted molar refractivity (Wildman–Crippen MR) is 77.4 cm³/mol. The molecule has 0 atom stereocenters. The fourth-order valence-electron chi connectivity index (χ4n) is 1.75. The number of ether oxygens (including phenoxy) is 1. The highest BCUT2D eigenvalue weighted by Gasteiger charge is 2.15. The van der Waals surface area contributed by atoms with Crippen molar-refractivity contribution in [3.63, 3.8) is 0 Å². The van der Waals surface area contributed by atoms with Crippen molar-refractivity contribution in [1.29, 1.82) is 0 Å². The summed E-state index contributed by atoms with van der Waals surface area (Å²) in [4.78, 5) is 21.6. The van der Waals surface area contributed by atoms with Crippen LogP contribution in [0, 0.1) is 17.0 Å². The number of benzene rings is 1. The lowest BCUT2D eigenvalue weighted by Crippen LogP contribution is -2.30. The molecule has 9 nitrogen and oxygen atoms in total. The second-order valence-electron chi connectivity index (χ2n) is 4.32. The van der Waals surface area contributed by atoms with Gasteiger partial charge in [0.25, 0.3) is 11.6 Å². The van der Waals surface area contributed by atoms with Crippen molar-refractivity contribution in [2.24, 2.45) is 5.84 Å². The number of halogens is 1. The summed E-state index contributed by atoms with van der Waals surface area (Å²) in [5, 5.41) is 14.8. The number of amides is 1. The molecule has 1 amide bonds. The molecule has 2 aromatic rings. The Bertz CT molecular complexity index is 730. The third-order valence-electron chi connectivity index (χ3n) is 2.79. The normalized spacial score (nSPS) is 10.3. The Hall–Kier alpha value is -2.65. The number of hydrogen-bond acceptors (Lipinski definition) is 6. The number of aryl methyl sites for hydroxylation is 1. The number of carbonyl (C=O) groups excluding carboxylic acids is 1. The van der Waals surface area contributed by atoms with E-state index in [9.17, 15) is 14.9 Å². The highest BCUT2D eigenvalue weighted by Crippen LogP contribution is 2.23. The van der Waals surface area contributed by atoms with Gasteiger partial charge in [0.15, 0.2) is 12.4 Å². The van der Waals surface area contributed by atoms with Gasteiger partial charge in [-0.15, -0.1) is 0 Å². The molecule has 0 aliphatic rings. The molecule has 0 aliphatic heterocycles. The van der Waals surface area contributed by atoms with Gasteiger partial charge in [-0.3, -0.25) is 20.3 Å². The van der Waals surface area contributed by atoms with Gasteiger partial charge in [0.1, 0.15) is 5.75 Å². The fourth-order valence-corrected chi connectivity index (χ4v) is 1.98. The molecule has 0 saturated carbocycles. The molecule has 0 spiro atoms. The van der Waals surface area contributed by atoms with Gasteiger partial charge in [-0.05, 0) is 19.1 Å². The zero-order chi connectivity index (χ0) is 16.3. The second-order valence-corrected chi connectivity index (χ2v) is 4.72. The maximum absolute atomic E-state index is 11.4. The maximum atomic E-state index is 11.4. The van der Waals surface area contributed by atoms with E-state index in [0.29, 0.717) is 11.3 Å². The van der Waals surface area contributed by atoms with E-state index in [1.165, 1.54) is 29.1 Å². The molecule has 1 aromatic carbocycles. The minimum atomic E-state index is -0.616. The van der Waals surface area contributed by atoms with E-state index in [-0.39, 0.29) is 23.1 Å². The van der Waals surface area contributed by atoms with Crippen molar-refractivity contribution in [3.05, 3.63) is 50.8 Å². The van der Waals surface area contributed by atoms with Crippen LogP contribution in [0.15, 0.2) is 24.4 Å². The van der Waals surface area contributed by atoms with E-state index in [0.717, 1.165) is 0 Å². The van der Waals surface area contributed by atoms with Gasteiger partial charge in [-0.1, -0.05) is 11.6 Å². The van der Waals surface area contributed by atoms with E-state index >= 15 is 0 Å². The molecule has 0 aliphatic carbocycles. The first kappa shape index (κ1) is 15.7. The number of hydrazine groups is 1. The van der Waals surface area contributed by atoms with Gasteiger partial charge in [-0.2, -0.15) is 5.10 Å². The zero-order valence-electron chi connectivity index (χ0n) is 11.4. The summed E-state index contributed by atoms with van der Waals surface area (Å²) >= 11 is 5.85. The number of carbonyl (C=O) groups is 1. The lowest BCUT2D eigenvalue weighted by atomic mass is 10.2. The topological polar surface area (TPSA) is 125 Å². The van der Waals surface area contributed by atoms with Crippen molar-refractivity contribution in [1.82, 2.24) is 15.2 Å². The summed E-state index contributed by atoms with van der Waals surface area (Å²) < 4.78 is 6.75. The van der Waals surface area contributed by atoms with Crippen molar-refractivity contribution in [3.8, 4) is 5.75 Å². The van der Waals surface area contributed by atoms with Crippen molar-refractivity contribution in [2.45, 2.75) is 13.7 Å². The largest absolute Gasteiger partial charge is 0.471 e. The van der Waals surface area contributed by atoms with E-state index < -0.39 is 10.8 Å². The number of nitrogens with zero attached hydrogens (tertiary/aromatic N) is 3. The molecular weight excluding hydrogens is 314 g/mol. The highest BCUT2D eigenvalue weighted by atomic mass is 35.5. The smallest absolute Gasteiger partial charge is 0.287 e. The summed E-state index contributed by atoms with van der Waals surface area (Å²) in [6, 6.07) is 4.37. The molecule has 3 N–H and O–H groups in total. The molecule has 0 fully saturated rings. The van der Waals surface area contributed by atoms with Crippen LogP contribution in [0.1, 0.15) is 16.1 Å². The van der Waals surface area contributed by atoms with E-state index in [4.69, 9.17) is 22.2 Å².